The predicted molar refractivity (Wildman–Crippen MR) is 132 cm³/mol. The fourth-order valence-corrected chi connectivity index (χ4v) is 4.93. The second-order valence-corrected chi connectivity index (χ2v) is 9.41. The summed E-state index contributed by atoms with van der Waals surface area (Å²) in [6, 6.07) is 16.7. The molecule has 1 heterocycles. The zero-order valence-electron chi connectivity index (χ0n) is 16.4. The maximum absolute atomic E-state index is 12.5. The molecule has 9 heteroatoms. The number of carbonyl (C=O) groups excluding carboxylic acids is 1. The number of hydrogen-bond acceptors (Lipinski definition) is 5. The number of aliphatic carboxylic acids is 1. The summed E-state index contributed by atoms with van der Waals surface area (Å²) < 4.78 is 6.11. The van der Waals surface area contributed by atoms with Crippen LogP contribution in [0.3, 0.4) is 0 Å². The Morgan fingerprint density at radius 3 is 2.50 bits per heavy atom. The van der Waals surface area contributed by atoms with Crippen LogP contribution in [-0.2, 0) is 16.2 Å². The largest absolute Gasteiger partial charge is 0.489 e. The van der Waals surface area contributed by atoms with Crippen molar-refractivity contribution in [2.75, 3.05) is 6.54 Å². The third-order valence-corrected chi connectivity index (χ3v) is 6.83. The number of thiocarbonyl (C=S) groups is 1. The van der Waals surface area contributed by atoms with Gasteiger partial charge in [0.2, 0.25) is 0 Å². The molecule has 0 aliphatic carbocycles. The highest BCUT2D eigenvalue weighted by molar-refractivity contribution is 8.26. The fraction of sp³-hybridized carbons (Fsp3) is 0.0870. The summed E-state index contributed by atoms with van der Waals surface area (Å²) in [5.74, 6) is -0.830. The van der Waals surface area contributed by atoms with E-state index < -0.39 is 18.4 Å². The number of benzene rings is 3. The zero-order valence-corrected chi connectivity index (χ0v) is 19.5. The Balaban J connectivity index is 1.52. The zero-order chi connectivity index (χ0) is 22.8. The van der Waals surface area contributed by atoms with Crippen molar-refractivity contribution >= 4 is 80.2 Å². The van der Waals surface area contributed by atoms with Crippen LogP contribution in [0.4, 0.5) is 0 Å². The average molecular weight is 504 g/mol. The number of amides is 1. The molecule has 1 N–H and O–H groups in total. The maximum Gasteiger partial charge on any atom is 0.323 e. The Hall–Kier alpha value is -2.58. The lowest BCUT2D eigenvalue weighted by molar-refractivity contribution is -0.140. The number of carboxylic acids is 1. The predicted octanol–water partition coefficient (Wildman–Crippen LogP) is 6.01. The Labute approximate surface area is 203 Å². The summed E-state index contributed by atoms with van der Waals surface area (Å²) in [6.07, 6.45) is 1.71. The number of thioether (sulfide) groups is 1. The van der Waals surface area contributed by atoms with Gasteiger partial charge in [-0.1, -0.05) is 71.4 Å². The van der Waals surface area contributed by atoms with Crippen LogP contribution in [-0.4, -0.2) is 32.7 Å². The lowest BCUT2D eigenvalue weighted by Gasteiger charge is -2.10. The van der Waals surface area contributed by atoms with Gasteiger partial charge < -0.3 is 9.84 Å². The molecule has 0 bridgehead atoms. The minimum Gasteiger partial charge on any atom is -0.489 e. The highest BCUT2D eigenvalue weighted by Gasteiger charge is 2.33. The van der Waals surface area contributed by atoms with Crippen LogP contribution < -0.4 is 4.74 Å². The van der Waals surface area contributed by atoms with E-state index in [2.05, 4.69) is 0 Å². The van der Waals surface area contributed by atoms with Gasteiger partial charge in [-0.25, -0.2) is 0 Å². The van der Waals surface area contributed by atoms with Gasteiger partial charge in [0.15, 0.2) is 0 Å². The Kier molecular flexibility index (Phi) is 6.71. The third-order valence-electron chi connectivity index (χ3n) is 4.75. The van der Waals surface area contributed by atoms with Crippen molar-refractivity contribution in [3.63, 3.8) is 0 Å². The first-order chi connectivity index (χ1) is 15.3. The normalized spacial score (nSPS) is 15.1. The third kappa shape index (κ3) is 4.91. The summed E-state index contributed by atoms with van der Waals surface area (Å²) in [7, 11) is 0. The molecule has 1 saturated heterocycles. The number of hydrogen-bond donors (Lipinski definition) is 1. The molecule has 0 spiro atoms. The molecule has 0 unspecified atom stereocenters. The number of ether oxygens (including phenoxy) is 1. The van der Waals surface area contributed by atoms with Crippen LogP contribution in [0.25, 0.3) is 16.8 Å². The van der Waals surface area contributed by atoms with Gasteiger partial charge in [0.1, 0.15) is 23.2 Å². The first kappa shape index (κ1) is 22.6. The molecular weight excluding hydrogens is 489 g/mol. The quantitative estimate of drug-likeness (QED) is 0.328. The van der Waals surface area contributed by atoms with Crippen LogP contribution in [0.1, 0.15) is 11.1 Å². The number of rotatable bonds is 6. The van der Waals surface area contributed by atoms with Crippen molar-refractivity contribution in [3.05, 3.63) is 80.7 Å². The monoisotopic (exact) mass is 503 g/mol. The van der Waals surface area contributed by atoms with Gasteiger partial charge in [0.05, 0.1) is 4.91 Å². The second-order valence-electron chi connectivity index (χ2n) is 6.92. The molecule has 0 atom stereocenters. The molecule has 3 aromatic carbocycles. The van der Waals surface area contributed by atoms with Crippen molar-refractivity contribution in [3.8, 4) is 5.75 Å². The number of nitrogens with zero attached hydrogens (tertiary/aromatic N) is 1. The smallest absolute Gasteiger partial charge is 0.323 e. The minimum absolute atomic E-state index is 0.241. The molecule has 1 amide bonds. The van der Waals surface area contributed by atoms with Crippen LogP contribution in [0.5, 0.6) is 5.75 Å². The fourth-order valence-electron chi connectivity index (χ4n) is 3.17. The summed E-state index contributed by atoms with van der Waals surface area (Å²) in [5, 5.41) is 12.0. The average Bonchev–Trinajstić information content (AvgIpc) is 3.00. The van der Waals surface area contributed by atoms with E-state index in [1.54, 1.807) is 24.3 Å². The molecule has 32 heavy (non-hydrogen) atoms. The van der Waals surface area contributed by atoms with E-state index >= 15 is 0 Å². The van der Waals surface area contributed by atoms with E-state index in [1.165, 1.54) is 0 Å². The van der Waals surface area contributed by atoms with E-state index in [-0.39, 0.29) is 10.9 Å². The van der Waals surface area contributed by atoms with Gasteiger partial charge in [-0.05, 0) is 52.7 Å². The van der Waals surface area contributed by atoms with Crippen molar-refractivity contribution in [2.24, 2.45) is 0 Å². The molecule has 5 nitrogen and oxygen atoms in total. The Morgan fingerprint density at radius 1 is 1.09 bits per heavy atom. The Morgan fingerprint density at radius 2 is 1.78 bits per heavy atom. The van der Waals surface area contributed by atoms with Crippen molar-refractivity contribution in [1.82, 2.24) is 4.90 Å². The standard InChI is InChI=1S/C23H15Cl2NO4S2/c24-18-2-1-3-19(25)17(18)12-30-16-7-6-14-8-13(4-5-15(14)10-16)9-20-22(29)26(11-21(27)28)23(31)32-20/h1-10H,11-12H2,(H,27,28)/b20-9-. The van der Waals surface area contributed by atoms with Crippen LogP contribution in [0.2, 0.25) is 10.0 Å². The van der Waals surface area contributed by atoms with Gasteiger partial charge in [0.25, 0.3) is 5.91 Å². The van der Waals surface area contributed by atoms with E-state index in [1.807, 2.05) is 36.4 Å². The first-order valence-electron chi connectivity index (χ1n) is 9.38. The van der Waals surface area contributed by atoms with Gasteiger partial charge >= 0.3 is 5.97 Å². The van der Waals surface area contributed by atoms with Gasteiger partial charge in [0, 0.05) is 15.6 Å². The highest BCUT2D eigenvalue weighted by Crippen LogP contribution is 2.33. The molecule has 0 saturated carbocycles. The molecule has 162 valence electrons. The number of carbonyl (C=O) groups is 2. The summed E-state index contributed by atoms with van der Waals surface area (Å²) in [6.45, 7) is -0.192. The van der Waals surface area contributed by atoms with Crippen molar-refractivity contribution in [2.45, 2.75) is 6.61 Å². The summed E-state index contributed by atoms with van der Waals surface area (Å²) in [4.78, 5) is 24.9. The number of carboxylic acid groups (broad SMARTS) is 1. The van der Waals surface area contributed by atoms with Gasteiger partial charge in [-0.2, -0.15) is 0 Å². The second kappa shape index (κ2) is 9.50. The molecule has 0 aromatic heterocycles. The lowest BCUT2D eigenvalue weighted by atomic mass is 10.1. The van der Waals surface area contributed by atoms with Gasteiger partial charge in [-0.3, -0.25) is 14.5 Å². The Bertz CT molecular complexity index is 1270. The number of fused-ring (bicyclic) bond motifs is 1. The SMILES string of the molecule is O=C(O)CN1C(=O)/C(=C/c2ccc3cc(OCc4c(Cl)cccc4Cl)ccc3c2)SC1=S. The van der Waals surface area contributed by atoms with Crippen molar-refractivity contribution in [1.29, 1.82) is 0 Å². The lowest BCUT2D eigenvalue weighted by Crippen LogP contribution is -2.33. The summed E-state index contributed by atoms with van der Waals surface area (Å²) >= 11 is 18.6. The van der Waals surface area contributed by atoms with Crippen LogP contribution in [0, 0.1) is 0 Å². The molecule has 3 aromatic rings. The van der Waals surface area contributed by atoms with Crippen molar-refractivity contribution < 1.29 is 19.4 Å². The molecule has 1 aliphatic rings. The van der Waals surface area contributed by atoms with E-state index in [0.717, 1.165) is 38.6 Å². The van der Waals surface area contributed by atoms with Crippen LogP contribution >= 0.6 is 47.2 Å². The number of halogens is 2. The van der Waals surface area contributed by atoms with E-state index in [4.69, 9.17) is 45.3 Å². The molecule has 1 fully saturated rings. The topological polar surface area (TPSA) is 66.8 Å². The molecule has 4 rings (SSSR count). The summed E-state index contributed by atoms with van der Waals surface area (Å²) in [5.41, 5.74) is 1.54. The van der Waals surface area contributed by atoms with Gasteiger partial charge in [-0.15, -0.1) is 0 Å². The highest BCUT2D eigenvalue weighted by atomic mass is 35.5. The van der Waals surface area contributed by atoms with E-state index in [0.29, 0.717) is 20.7 Å². The van der Waals surface area contributed by atoms with E-state index in [9.17, 15) is 9.59 Å². The molecule has 1 aliphatic heterocycles. The first-order valence-corrected chi connectivity index (χ1v) is 11.4. The minimum atomic E-state index is -1.11. The molecule has 0 radical (unpaired) electrons. The maximum atomic E-state index is 12.5. The molecular formula is C23H15Cl2NO4S2. The van der Waals surface area contributed by atoms with Crippen LogP contribution in [0.15, 0.2) is 59.5 Å².